The van der Waals surface area contributed by atoms with Crippen molar-refractivity contribution < 1.29 is 38.1 Å². The van der Waals surface area contributed by atoms with Gasteiger partial charge in [-0.15, -0.1) is 0 Å². The number of aryl methyl sites for hydroxylation is 2. The van der Waals surface area contributed by atoms with Crippen LogP contribution in [0, 0.1) is 0 Å². The van der Waals surface area contributed by atoms with Gasteiger partial charge in [0.2, 0.25) is 11.8 Å². The van der Waals surface area contributed by atoms with Gasteiger partial charge in [0, 0.05) is 172 Å². The fourth-order valence-corrected chi connectivity index (χ4v) is 11.8. The first kappa shape index (κ1) is 56.7. The van der Waals surface area contributed by atoms with Gasteiger partial charge in [-0.2, -0.15) is 0 Å². The molecule has 0 spiro atoms. The number of halogens is 6. The summed E-state index contributed by atoms with van der Waals surface area (Å²) < 4.78 is 20.2. The van der Waals surface area contributed by atoms with Gasteiger partial charge in [0.15, 0.2) is 0 Å². The number of fused-ring (bicyclic) bond motifs is 2. The van der Waals surface area contributed by atoms with Gasteiger partial charge in [0.25, 0.3) is 0 Å². The average Bonchev–Trinajstić information content (AvgIpc) is 4.37. The zero-order chi connectivity index (χ0) is 55.8. The quantitative estimate of drug-likeness (QED) is 0.0907. The Bertz CT molecular complexity index is 3590. The van der Waals surface area contributed by atoms with Crippen molar-refractivity contribution in [1.29, 1.82) is 0 Å². The van der Waals surface area contributed by atoms with Crippen molar-refractivity contribution >= 4 is 141 Å². The minimum Gasteiger partial charge on any atom is -0.478 e. The second kappa shape index (κ2) is 24.3. The van der Waals surface area contributed by atoms with E-state index in [1.807, 2.05) is 63.4 Å². The number of carboxylic acids is 1. The number of carbonyl (C=O) groups is 4. The van der Waals surface area contributed by atoms with Crippen LogP contribution in [0.2, 0.25) is 20.1 Å². The molecule has 12 rings (SSSR count). The van der Waals surface area contributed by atoms with Crippen LogP contribution in [0.5, 0.6) is 0 Å². The SMILES string of the molecule is COC(=O)c1cn(C)c2cc(N3CCN(C(=O)Cc4c(-c5c(Cl)cccc5Cl)noc4C4CC4)CC3)ccc12.Cn1cc(C(=O)O)c2ccc(N3CCN(C(=O)Cc4c(-c5c(Cl)cccc5Cl)noc4C4CC4)CC3)cc21.II. The Balaban J connectivity index is 0.000000173. The van der Waals surface area contributed by atoms with E-state index < -0.39 is 5.97 Å². The van der Waals surface area contributed by atoms with E-state index in [2.05, 4.69) is 63.4 Å². The van der Waals surface area contributed by atoms with Crippen LogP contribution >= 0.6 is 83.6 Å². The van der Waals surface area contributed by atoms with Crippen molar-refractivity contribution in [1.82, 2.24) is 29.2 Å². The van der Waals surface area contributed by atoms with Gasteiger partial charge in [-0.25, -0.2) is 9.59 Å². The molecule has 0 radical (unpaired) electrons. The zero-order valence-electron chi connectivity index (χ0n) is 43.3. The Hall–Kier alpha value is -5.52. The number of anilines is 2. The highest BCUT2D eigenvalue weighted by Gasteiger charge is 2.37. The monoisotopic (exact) mass is 1370 g/mol. The first-order valence-corrected chi connectivity index (χ1v) is 33.5. The van der Waals surface area contributed by atoms with Crippen LogP contribution in [0.4, 0.5) is 11.4 Å². The molecule has 79 heavy (non-hydrogen) atoms. The number of carbonyl (C=O) groups excluding carboxylic acids is 3. The third-order valence-corrected chi connectivity index (χ3v) is 16.4. The number of hydrogen-bond donors (Lipinski definition) is 1. The fraction of sp³-hybridized carbons (Fsp3) is 0.333. The van der Waals surface area contributed by atoms with Gasteiger partial charge in [0.05, 0.1) is 62.2 Å². The molecule has 22 heteroatoms. The summed E-state index contributed by atoms with van der Waals surface area (Å²) in [6.45, 7) is 5.12. The lowest BCUT2D eigenvalue weighted by atomic mass is 10.0. The van der Waals surface area contributed by atoms with E-state index >= 15 is 0 Å². The molecule has 412 valence electrons. The summed E-state index contributed by atoms with van der Waals surface area (Å²) >= 11 is 30.1. The van der Waals surface area contributed by atoms with Gasteiger partial charge < -0.3 is 47.6 Å². The summed E-state index contributed by atoms with van der Waals surface area (Å²) in [5, 5.41) is 21.6. The molecular weight excluding hydrogens is 1320 g/mol. The number of esters is 1. The second-order valence-corrected chi connectivity index (χ2v) is 21.7. The van der Waals surface area contributed by atoms with E-state index in [4.69, 9.17) is 60.2 Å². The number of rotatable bonds is 12. The summed E-state index contributed by atoms with van der Waals surface area (Å²) in [5.74, 6) is 0.874. The topological polar surface area (TPSA) is 173 Å². The van der Waals surface area contributed by atoms with Gasteiger partial charge in [-0.05, 0) is 86.3 Å². The number of methoxy groups -OCH3 is 1. The number of aromatic nitrogens is 4. The maximum absolute atomic E-state index is 13.5. The van der Waals surface area contributed by atoms with Crippen molar-refractivity contribution in [3.63, 3.8) is 0 Å². The smallest absolute Gasteiger partial charge is 0.340 e. The van der Waals surface area contributed by atoms with Crippen LogP contribution in [0.3, 0.4) is 0 Å². The summed E-state index contributed by atoms with van der Waals surface area (Å²) in [5.41, 5.74) is 8.60. The Kier molecular flexibility index (Phi) is 17.4. The molecule has 4 aliphatic rings. The van der Waals surface area contributed by atoms with E-state index in [9.17, 15) is 24.3 Å². The van der Waals surface area contributed by atoms with Crippen molar-refractivity contribution in [2.75, 3.05) is 69.3 Å². The Morgan fingerprint density at radius 1 is 0.595 bits per heavy atom. The second-order valence-electron chi connectivity index (χ2n) is 20.1. The van der Waals surface area contributed by atoms with Gasteiger partial charge in [0.1, 0.15) is 22.9 Å². The highest BCUT2D eigenvalue weighted by Crippen LogP contribution is 2.48. The molecule has 2 saturated heterocycles. The highest BCUT2D eigenvalue weighted by atomic mass is 128. The maximum atomic E-state index is 13.5. The van der Waals surface area contributed by atoms with Crippen LogP contribution < -0.4 is 9.80 Å². The molecule has 4 fully saturated rings. The zero-order valence-corrected chi connectivity index (χ0v) is 50.6. The molecule has 16 nitrogen and oxygen atoms in total. The molecule has 8 aromatic rings. The van der Waals surface area contributed by atoms with E-state index in [1.54, 1.807) is 48.8 Å². The fourth-order valence-electron chi connectivity index (χ4n) is 10.7. The first-order chi connectivity index (χ1) is 38.2. The highest BCUT2D eigenvalue weighted by molar-refractivity contribution is 15.0. The van der Waals surface area contributed by atoms with Crippen LogP contribution in [0.25, 0.3) is 44.3 Å². The number of carboxylic acid groups (broad SMARTS) is 1. The molecule has 2 aliphatic heterocycles. The summed E-state index contributed by atoms with van der Waals surface area (Å²) in [6.07, 6.45) is 7.89. The predicted molar refractivity (Wildman–Crippen MR) is 325 cm³/mol. The molecule has 1 N–H and O–H groups in total. The predicted octanol–water partition coefficient (Wildman–Crippen LogP) is 13.1. The molecule has 0 unspecified atom stereocenters. The third-order valence-electron chi connectivity index (χ3n) is 15.2. The van der Waals surface area contributed by atoms with Gasteiger partial charge >= 0.3 is 11.9 Å². The lowest BCUT2D eigenvalue weighted by molar-refractivity contribution is -0.131. The summed E-state index contributed by atoms with van der Waals surface area (Å²) in [7, 11) is 5.15. The molecule has 4 aromatic heterocycles. The molecular formula is C57H54Cl4I2N8O8. The first-order valence-electron chi connectivity index (χ1n) is 25.7. The van der Waals surface area contributed by atoms with E-state index in [0.29, 0.717) is 117 Å². The number of ether oxygens (including phenoxy) is 1. The molecule has 0 atom stereocenters. The average molecular weight is 1370 g/mol. The minimum absolute atomic E-state index is 0.0168. The molecule has 2 aliphatic carbocycles. The number of aromatic carboxylic acids is 1. The molecule has 4 aromatic carbocycles. The van der Waals surface area contributed by atoms with Crippen LogP contribution in [-0.2, 0) is 41.3 Å². The van der Waals surface area contributed by atoms with Crippen molar-refractivity contribution in [2.45, 2.75) is 50.4 Å². The minimum atomic E-state index is -0.937. The summed E-state index contributed by atoms with van der Waals surface area (Å²) in [6, 6.07) is 22.5. The molecule has 2 saturated carbocycles. The van der Waals surface area contributed by atoms with E-state index in [0.717, 1.165) is 76.1 Å². The summed E-state index contributed by atoms with van der Waals surface area (Å²) in [4.78, 5) is 58.9. The Morgan fingerprint density at radius 2 is 0.975 bits per heavy atom. The molecule has 2 amide bonds. The Morgan fingerprint density at radius 3 is 1.34 bits per heavy atom. The number of amides is 2. The number of benzene rings is 4. The van der Waals surface area contributed by atoms with Crippen LogP contribution in [0.1, 0.15) is 80.9 Å². The lowest BCUT2D eigenvalue weighted by Crippen LogP contribution is -2.49. The van der Waals surface area contributed by atoms with Gasteiger partial charge in [-0.1, -0.05) is 68.8 Å². The van der Waals surface area contributed by atoms with Crippen molar-refractivity contribution in [2.24, 2.45) is 14.1 Å². The Labute approximate surface area is 499 Å². The van der Waals surface area contributed by atoms with Gasteiger partial charge in [-0.3, -0.25) is 9.59 Å². The molecule has 0 bridgehead atoms. The maximum Gasteiger partial charge on any atom is 0.340 e. The van der Waals surface area contributed by atoms with E-state index in [-0.39, 0.29) is 36.5 Å². The third kappa shape index (κ3) is 11.8. The van der Waals surface area contributed by atoms with Crippen molar-refractivity contribution in [3.05, 3.63) is 139 Å². The lowest BCUT2D eigenvalue weighted by Gasteiger charge is -2.36. The molecule has 6 heterocycles. The standard InChI is InChI=1S/C29H28Cl2N4O4.C28H26Cl2N4O4.I2/c1-33-16-21(29(37)38-2)19-9-8-18(14-24(19)33)34-10-12-35(13-11-34)25(36)15-20-27(32-39-28(20)17-6-7-17)26-22(30)4-3-5-23(26)31;1-32-15-20(28(36)37)18-8-7-17(13-23(18)32)33-9-11-34(12-10-33)24(35)14-19-26(31-38-27(19)16-5-6-16)25-21(29)3-2-4-22(25)30;1-2/h3-5,8-9,14,16-17H,6-7,10-13,15H2,1-2H3;2-4,7-8,13,15-16H,5-6,9-12,14H2,1H3,(H,36,37);. The van der Waals surface area contributed by atoms with Crippen LogP contribution in [0.15, 0.2) is 94.2 Å². The number of piperazine rings is 2. The number of hydrogen-bond acceptors (Lipinski definition) is 11. The number of nitrogens with zero attached hydrogens (tertiary/aromatic N) is 8. The normalized spacial score (nSPS) is 15.5. The largest absolute Gasteiger partial charge is 0.478 e. The van der Waals surface area contributed by atoms with Crippen molar-refractivity contribution in [3.8, 4) is 22.5 Å². The van der Waals surface area contributed by atoms with Crippen LogP contribution in [-0.4, -0.2) is 118 Å². The van der Waals surface area contributed by atoms with E-state index in [1.165, 1.54) is 7.11 Å².